The SMILES string of the molecule is CC(C)C(CNC(=O)CCc1ccc(F)c(F)c1)C(C)C. The van der Waals surface area contributed by atoms with Crippen LogP contribution in [0.1, 0.15) is 39.7 Å². The summed E-state index contributed by atoms with van der Waals surface area (Å²) in [6, 6.07) is 3.75. The Kier molecular flexibility index (Phi) is 6.79. The van der Waals surface area contributed by atoms with Crippen LogP contribution in [0.4, 0.5) is 8.78 Å². The molecule has 0 unspecified atom stereocenters. The van der Waals surface area contributed by atoms with Crippen molar-refractivity contribution in [2.75, 3.05) is 6.54 Å². The molecule has 1 N–H and O–H groups in total. The molecule has 0 aliphatic heterocycles. The highest BCUT2D eigenvalue weighted by atomic mass is 19.2. The molecule has 1 aromatic carbocycles. The number of amides is 1. The molecule has 0 bridgehead atoms. The first-order valence-corrected chi connectivity index (χ1v) is 7.52. The molecule has 0 aliphatic carbocycles. The lowest BCUT2D eigenvalue weighted by molar-refractivity contribution is -0.121. The molecule has 0 atom stereocenters. The summed E-state index contributed by atoms with van der Waals surface area (Å²) in [6.07, 6.45) is 0.699. The Labute approximate surface area is 125 Å². The Morgan fingerprint density at radius 2 is 1.71 bits per heavy atom. The van der Waals surface area contributed by atoms with E-state index in [1.54, 1.807) is 0 Å². The zero-order valence-corrected chi connectivity index (χ0v) is 13.2. The highest BCUT2D eigenvalue weighted by Gasteiger charge is 2.18. The molecule has 0 heterocycles. The molecule has 0 spiro atoms. The summed E-state index contributed by atoms with van der Waals surface area (Å²) >= 11 is 0. The van der Waals surface area contributed by atoms with E-state index in [9.17, 15) is 13.6 Å². The summed E-state index contributed by atoms with van der Waals surface area (Å²) in [5, 5.41) is 2.93. The average Bonchev–Trinajstić information content (AvgIpc) is 2.39. The number of hydrogen-bond donors (Lipinski definition) is 1. The molecular formula is C17H25F2NO. The second kappa shape index (κ2) is 8.11. The van der Waals surface area contributed by atoms with E-state index < -0.39 is 11.6 Å². The Hall–Kier alpha value is -1.45. The second-order valence-electron chi connectivity index (χ2n) is 6.20. The first-order chi connectivity index (χ1) is 9.81. The fourth-order valence-corrected chi connectivity index (χ4v) is 2.51. The molecule has 2 nitrogen and oxygen atoms in total. The number of aryl methyl sites for hydroxylation is 1. The molecule has 0 radical (unpaired) electrons. The Balaban J connectivity index is 2.42. The number of benzene rings is 1. The van der Waals surface area contributed by atoms with Crippen molar-refractivity contribution < 1.29 is 13.6 Å². The zero-order valence-electron chi connectivity index (χ0n) is 13.2. The van der Waals surface area contributed by atoms with Gasteiger partial charge in [0.05, 0.1) is 0 Å². The largest absolute Gasteiger partial charge is 0.356 e. The zero-order chi connectivity index (χ0) is 16.0. The van der Waals surface area contributed by atoms with Gasteiger partial charge in [-0.25, -0.2) is 8.78 Å². The van der Waals surface area contributed by atoms with Crippen molar-refractivity contribution in [3.8, 4) is 0 Å². The van der Waals surface area contributed by atoms with Crippen LogP contribution in [-0.2, 0) is 11.2 Å². The number of hydrogen-bond acceptors (Lipinski definition) is 1. The third-order valence-corrected chi connectivity index (χ3v) is 3.87. The Morgan fingerprint density at radius 1 is 1.10 bits per heavy atom. The Bertz CT molecular complexity index is 464. The lowest BCUT2D eigenvalue weighted by atomic mass is 9.85. The minimum Gasteiger partial charge on any atom is -0.356 e. The highest BCUT2D eigenvalue weighted by molar-refractivity contribution is 5.76. The van der Waals surface area contributed by atoms with Gasteiger partial charge in [-0.3, -0.25) is 4.79 Å². The predicted octanol–water partition coefficient (Wildman–Crippen LogP) is 3.94. The molecular weight excluding hydrogens is 272 g/mol. The maximum Gasteiger partial charge on any atom is 0.220 e. The molecule has 1 amide bonds. The first-order valence-electron chi connectivity index (χ1n) is 7.52. The first kappa shape index (κ1) is 17.6. The van der Waals surface area contributed by atoms with Crippen molar-refractivity contribution in [1.82, 2.24) is 5.32 Å². The number of nitrogens with one attached hydrogen (secondary N) is 1. The summed E-state index contributed by atoms with van der Waals surface area (Å²) in [5.74, 6) is -0.316. The maximum absolute atomic E-state index is 13.1. The van der Waals surface area contributed by atoms with Crippen LogP contribution in [0.15, 0.2) is 18.2 Å². The standard InChI is InChI=1S/C17H25F2NO/c1-11(2)14(12(3)4)10-20-17(21)8-6-13-5-7-15(18)16(19)9-13/h5,7,9,11-12,14H,6,8,10H2,1-4H3,(H,20,21). The van der Waals surface area contributed by atoms with Crippen LogP contribution in [0.25, 0.3) is 0 Å². The third kappa shape index (κ3) is 5.82. The normalized spacial score (nSPS) is 11.5. The van der Waals surface area contributed by atoms with Crippen LogP contribution in [0.2, 0.25) is 0 Å². The van der Waals surface area contributed by atoms with E-state index in [0.29, 0.717) is 36.3 Å². The van der Waals surface area contributed by atoms with Crippen molar-refractivity contribution >= 4 is 5.91 Å². The number of rotatable bonds is 7. The minimum atomic E-state index is -0.868. The highest BCUT2D eigenvalue weighted by Crippen LogP contribution is 2.19. The van der Waals surface area contributed by atoms with Crippen molar-refractivity contribution in [1.29, 1.82) is 0 Å². The molecule has 4 heteroatoms. The average molecular weight is 297 g/mol. The van der Waals surface area contributed by atoms with Crippen LogP contribution >= 0.6 is 0 Å². The molecule has 0 aliphatic rings. The predicted molar refractivity (Wildman–Crippen MR) is 80.9 cm³/mol. The van der Waals surface area contributed by atoms with Crippen molar-refractivity contribution in [3.63, 3.8) is 0 Å². The van der Waals surface area contributed by atoms with Crippen LogP contribution in [0, 0.1) is 29.4 Å². The quantitative estimate of drug-likeness (QED) is 0.811. The van der Waals surface area contributed by atoms with Gasteiger partial charge in [-0.05, 0) is 41.9 Å². The van der Waals surface area contributed by atoms with E-state index in [1.165, 1.54) is 6.07 Å². The van der Waals surface area contributed by atoms with E-state index in [0.717, 1.165) is 12.1 Å². The summed E-state index contributed by atoms with van der Waals surface area (Å²) in [6.45, 7) is 9.26. The van der Waals surface area contributed by atoms with Gasteiger partial charge in [0.25, 0.3) is 0 Å². The summed E-state index contributed by atoms with van der Waals surface area (Å²) in [4.78, 5) is 11.8. The fourth-order valence-electron chi connectivity index (χ4n) is 2.51. The van der Waals surface area contributed by atoms with Crippen molar-refractivity contribution in [3.05, 3.63) is 35.4 Å². The topological polar surface area (TPSA) is 29.1 Å². The van der Waals surface area contributed by atoms with Crippen LogP contribution in [-0.4, -0.2) is 12.5 Å². The second-order valence-corrected chi connectivity index (χ2v) is 6.20. The van der Waals surface area contributed by atoms with Gasteiger partial charge < -0.3 is 5.32 Å². The van der Waals surface area contributed by atoms with E-state index in [-0.39, 0.29) is 12.3 Å². The number of halogens is 2. The van der Waals surface area contributed by atoms with Crippen LogP contribution < -0.4 is 5.32 Å². The molecule has 118 valence electrons. The molecule has 0 saturated carbocycles. The summed E-state index contributed by atoms with van der Waals surface area (Å²) < 4.78 is 25.9. The van der Waals surface area contributed by atoms with Gasteiger partial charge in [0.1, 0.15) is 0 Å². The van der Waals surface area contributed by atoms with Gasteiger partial charge in [-0.15, -0.1) is 0 Å². The van der Waals surface area contributed by atoms with E-state index >= 15 is 0 Å². The molecule has 0 aromatic heterocycles. The summed E-state index contributed by atoms with van der Waals surface area (Å²) in [7, 11) is 0. The van der Waals surface area contributed by atoms with Gasteiger partial charge >= 0.3 is 0 Å². The van der Waals surface area contributed by atoms with Crippen LogP contribution in [0.5, 0.6) is 0 Å². The third-order valence-electron chi connectivity index (χ3n) is 3.87. The molecule has 21 heavy (non-hydrogen) atoms. The van der Waals surface area contributed by atoms with Crippen molar-refractivity contribution in [2.45, 2.75) is 40.5 Å². The minimum absolute atomic E-state index is 0.0500. The van der Waals surface area contributed by atoms with Gasteiger partial charge in [0.15, 0.2) is 11.6 Å². The van der Waals surface area contributed by atoms with Gasteiger partial charge in [0.2, 0.25) is 5.91 Å². The monoisotopic (exact) mass is 297 g/mol. The molecule has 1 aromatic rings. The maximum atomic E-state index is 13.1. The van der Waals surface area contributed by atoms with Crippen molar-refractivity contribution in [2.24, 2.45) is 17.8 Å². The molecule has 1 rings (SSSR count). The number of carbonyl (C=O) groups excluding carboxylic acids is 1. The molecule has 0 saturated heterocycles. The molecule has 0 fully saturated rings. The lowest BCUT2D eigenvalue weighted by Crippen LogP contribution is -2.34. The van der Waals surface area contributed by atoms with E-state index in [2.05, 4.69) is 33.0 Å². The smallest absolute Gasteiger partial charge is 0.220 e. The van der Waals surface area contributed by atoms with Crippen LogP contribution in [0.3, 0.4) is 0 Å². The van der Waals surface area contributed by atoms with Gasteiger partial charge in [-0.1, -0.05) is 33.8 Å². The van der Waals surface area contributed by atoms with E-state index in [4.69, 9.17) is 0 Å². The lowest BCUT2D eigenvalue weighted by Gasteiger charge is -2.25. The van der Waals surface area contributed by atoms with E-state index in [1.807, 2.05) is 0 Å². The summed E-state index contributed by atoms with van der Waals surface area (Å²) in [5.41, 5.74) is 0.633. The van der Waals surface area contributed by atoms with Gasteiger partial charge in [-0.2, -0.15) is 0 Å². The number of carbonyl (C=O) groups is 1. The Morgan fingerprint density at radius 3 is 2.24 bits per heavy atom. The van der Waals surface area contributed by atoms with Gasteiger partial charge in [0, 0.05) is 13.0 Å². The fraction of sp³-hybridized carbons (Fsp3) is 0.588.